The first-order valence-electron chi connectivity index (χ1n) is 12.2. The van der Waals surface area contributed by atoms with Crippen molar-refractivity contribution in [2.75, 3.05) is 13.7 Å². The zero-order valence-electron chi connectivity index (χ0n) is 19.6. The van der Waals surface area contributed by atoms with Crippen molar-refractivity contribution >= 4 is 11.6 Å². The first kappa shape index (κ1) is 22.5. The number of carbonyl (C=O) groups excluding carboxylic acids is 2. The van der Waals surface area contributed by atoms with Crippen molar-refractivity contribution in [1.82, 2.24) is 0 Å². The number of fused-ring (bicyclic) bond motifs is 7. The highest BCUT2D eigenvalue weighted by Crippen LogP contribution is 2.69. The van der Waals surface area contributed by atoms with Gasteiger partial charge < -0.3 is 19.3 Å². The van der Waals surface area contributed by atoms with Gasteiger partial charge in [0.25, 0.3) is 0 Å². The molecule has 176 valence electrons. The summed E-state index contributed by atoms with van der Waals surface area (Å²) in [6, 6.07) is 0. The number of aliphatic hydroxyl groups is 1. The second-order valence-electron chi connectivity index (χ2n) is 11.0. The van der Waals surface area contributed by atoms with Crippen molar-refractivity contribution in [1.29, 1.82) is 0 Å². The Morgan fingerprint density at radius 3 is 2.84 bits per heavy atom. The van der Waals surface area contributed by atoms with E-state index in [1.807, 2.05) is 6.08 Å². The SMILES string of the molecule is CCC[C@@H]1O[C@@H]2C[C@H]3[C@@H]4CCC5=CC(=O)C=C[C@]5(C)[C@H]4[C@@H](O)C[C@]3(C)[C@]2(C(=O)COC)O1. The first-order chi connectivity index (χ1) is 15.2. The minimum absolute atomic E-state index is 0.0132. The molecule has 4 fully saturated rings. The summed E-state index contributed by atoms with van der Waals surface area (Å²) in [6.45, 7) is 6.37. The van der Waals surface area contributed by atoms with Gasteiger partial charge in [-0.05, 0) is 56.1 Å². The predicted molar refractivity (Wildman–Crippen MR) is 118 cm³/mol. The van der Waals surface area contributed by atoms with Crippen LogP contribution in [0.5, 0.6) is 0 Å². The molecule has 3 saturated carbocycles. The van der Waals surface area contributed by atoms with Crippen LogP contribution in [0.25, 0.3) is 0 Å². The van der Waals surface area contributed by atoms with E-state index in [1.165, 1.54) is 7.11 Å². The number of aliphatic hydroxyl groups excluding tert-OH is 1. The minimum Gasteiger partial charge on any atom is -0.393 e. The molecular weight excluding hydrogens is 408 g/mol. The van der Waals surface area contributed by atoms with Crippen LogP contribution in [0, 0.1) is 28.6 Å². The molecule has 1 saturated heterocycles. The van der Waals surface area contributed by atoms with E-state index in [4.69, 9.17) is 14.2 Å². The van der Waals surface area contributed by atoms with Crippen LogP contribution in [0.4, 0.5) is 0 Å². The lowest BCUT2D eigenvalue weighted by Crippen LogP contribution is -2.63. The van der Waals surface area contributed by atoms with Crippen LogP contribution in [0.1, 0.15) is 59.3 Å². The van der Waals surface area contributed by atoms with Gasteiger partial charge in [-0.25, -0.2) is 0 Å². The average Bonchev–Trinajstić information content (AvgIpc) is 3.21. The quantitative estimate of drug-likeness (QED) is 0.700. The van der Waals surface area contributed by atoms with Crippen LogP contribution < -0.4 is 0 Å². The summed E-state index contributed by atoms with van der Waals surface area (Å²) in [7, 11) is 1.54. The number of ketones is 2. The Labute approximate surface area is 190 Å². The lowest BCUT2D eigenvalue weighted by Gasteiger charge is -2.59. The summed E-state index contributed by atoms with van der Waals surface area (Å²) in [6.07, 6.45) is 8.81. The van der Waals surface area contributed by atoms with E-state index in [0.717, 1.165) is 37.7 Å². The van der Waals surface area contributed by atoms with Gasteiger partial charge in [-0.15, -0.1) is 0 Å². The molecule has 0 bridgehead atoms. The highest BCUT2D eigenvalue weighted by molar-refractivity contribution is 6.01. The second-order valence-corrected chi connectivity index (χ2v) is 11.0. The average molecular weight is 445 g/mol. The molecule has 32 heavy (non-hydrogen) atoms. The minimum atomic E-state index is -1.07. The molecule has 0 aromatic rings. The number of hydrogen-bond acceptors (Lipinski definition) is 6. The van der Waals surface area contributed by atoms with E-state index >= 15 is 0 Å². The van der Waals surface area contributed by atoms with Crippen molar-refractivity contribution in [3.8, 4) is 0 Å². The molecule has 1 aliphatic heterocycles. The van der Waals surface area contributed by atoms with Crippen LogP contribution in [-0.2, 0) is 23.8 Å². The lowest BCUT2D eigenvalue weighted by molar-refractivity contribution is -0.200. The topological polar surface area (TPSA) is 82.1 Å². The van der Waals surface area contributed by atoms with E-state index in [-0.39, 0.29) is 53.7 Å². The number of methoxy groups -OCH3 is 1. The van der Waals surface area contributed by atoms with Crippen molar-refractivity contribution < 1.29 is 28.9 Å². The van der Waals surface area contributed by atoms with Crippen molar-refractivity contribution in [3.63, 3.8) is 0 Å². The number of carbonyl (C=O) groups is 2. The third-order valence-corrected chi connectivity index (χ3v) is 9.50. The zero-order chi connectivity index (χ0) is 22.9. The van der Waals surface area contributed by atoms with Gasteiger partial charge in [-0.3, -0.25) is 9.59 Å². The third-order valence-electron chi connectivity index (χ3n) is 9.50. The molecule has 9 atom stereocenters. The van der Waals surface area contributed by atoms with Gasteiger partial charge >= 0.3 is 0 Å². The Balaban J connectivity index is 1.55. The van der Waals surface area contributed by atoms with E-state index in [2.05, 4.69) is 20.8 Å². The fraction of sp³-hybridized carbons (Fsp3) is 0.769. The Morgan fingerprint density at radius 2 is 2.12 bits per heavy atom. The molecule has 0 radical (unpaired) electrons. The maximum Gasteiger partial charge on any atom is 0.193 e. The van der Waals surface area contributed by atoms with Gasteiger partial charge in [-0.2, -0.15) is 0 Å². The summed E-state index contributed by atoms with van der Waals surface area (Å²) >= 11 is 0. The van der Waals surface area contributed by atoms with Crippen molar-refractivity contribution in [2.45, 2.75) is 83.4 Å². The van der Waals surface area contributed by atoms with Gasteiger partial charge in [0.2, 0.25) is 0 Å². The molecule has 5 rings (SSSR count). The monoisotopic (exact) mass is 444 g/mol. The fourth-order valence-electron chi connectivity index (χ4n) is 8.24. The Hall–Kier alpha value is -1.34. The van der Waals surface area contributed by atoms with Crippen LogP contribution in [0.2, 0.25) is 0 Å². The fourth-order valence-corrected chi connectivity index (χ4v) is 8.24. The summed E-state index contributed by atoms with van der Waals surface area (Å²) in [5.74, 6) is 0.427. The molecular formula is C26H36O6. The standard InChI is InChI=1S/C26H36O6/c1-5-6-22-31-21-12-18-17-8-7-15-11-16(27)9-10-24(15,2)23(17)19(28)13-25(18,3)26(21,32-22)20(29)14-30-4/h9-11,17-19,21-23,28H,5-8,12-14H2,1-4H3/t17-,18-,19-,21+,22+,23+,24-,25-,26+/m0/s1. The second kappa shape index (κ2) is 7.59. The molecule has 0 spiro atoms. The van der Waals surface area contributed by atoms with E-state index in [1.54, 1.807) is 12.2 Å². The Bertz CT molecular complexity index is 878. The molecule has 0 amide bonds. The van der Waals surface area contributed by atoms with Gasteiger partial charge in [0.1, 0.15) is 6.61 Å². The third kappa shape index (κ3) is 2.79. The van der Waals surface area contributed by atoms with Crippen LogP contribution in [0.15, 0.2) is 23.8 Å². The number of Topliss-reactive ketones (excluding diaryl/α,β-unsaturated/α-hetero) is 1. The van der Waals surface area contributed by atoms with Gasteiger partial charge in [-0.1, -0.05) is 38.8 Å². The van der Waals surface area contributed by atoms with Crippen LogP contribution in [0.3, 0.4) is 0 Å². The number of allylic oxidation sites excluding steroid dienone is 4. The zero-order valence-corrected chi connectivity index (χ0v) is 19.6. The number of ether oxygens (including phenoxy) is 3. The molecule has 0 unspecified atom stereocenters. The molecule has 0 aromatic heterocycles. The highest BCUT2D eigenvalue weighted by Gasteiger charge is 2.75. The van der Waals surface area contributed by atoms with Gasteiger partial charge in [0.05, 0.1) is 12.2 Å². The van der Waals surface area contributed by atoms with E-state index in [9.17, 15) is 14.7 Å². The van der Waals surface area contributed by atoms with Crippen LogP contribution >= 0.6 is 0 Å². The summed E-state index contributed by atoms with van der Waals surface area (Å²) in [5, 5.41) is 11.6. The van der Waals surface area contributed by atoms with E-state index in [0.29, 0.717) is 6.42 Å². The molecule has 1 N–H and O–H groups in total. The molecule has 5 aliphatic rings. The maximum absolute atomic E-state index is 13.6. The first-order valence-corrected chi connectivity index (χ1v) is 12.2. The summed E-state index contributed by atoms with van der Waals surface area (Å²) in [5.41, 5.74) is -0.796. The largest absolute Gasteiger partial charge is 0.393 e. The van der Waals surface area contributed by atoms with Crippen LogP contribution in [-0.4, -0.2) is 54.5 Å². The number of hydrogen-bond donors (Lipinski definition) is 1. The van der Waals surface area contributed by atoms with E-state index < -0.39 is 17.1 Å². The smallest absolute Gasteiger partial charge is 0.193 e. The Morgan fingerprint density at radius 1 is 1.34 bits per heavy atom. The Kier molecular flexibility index (Phi) is 5.32. The van der Waals surface area contributed by atoms with Crippen molar-refractivity contribution in [3.05, 3.63) is 23.8 Å². The maximum atomic E-state index is 13.6. The predicted octanol–water partition coefficient (Wildman–Crippen LogP) is 3.37. The lowest BCUT2D eigenvalue weighted by atomic mass is 9.46. The molecule has 6 nitrogen and oxygen atoms in total. The number of rotatable bonds is 5. The van der Waals surface area contributed by atoms with Crippen molar-refractivity contribution in [2.24, 2.45) is 28.6 Å². The van der Waals surface area contributed by atoms with Gasteiger partial charge in [0.15, 0.2) is 23.5 Å². The van der Waals surface area contributed by atoms with Gasteiger partial charge in [0, 0.05) is 23.9 Å². The molecule has 4 aliphatic carbocycles. The normalized spacial score (nSPS) is 49.2. The molecule has 6 heteroatoms. The summed E-state index contributed by atoms with van der Waals surface area (Å²) in [4.78, 5) is 25.6. The molecule has 1 heterocycles. The summed E-state index contributed by atoms with van der Waals surface area (Å²) < 4.78 is 18.2. The molecule has 0 aromatic carbocycles. The highest BCUT2D eigenvalue weighted by atomic mass is 16.7.